The molecule has 3 heteroatoms. The highest BCUT2D eigenvalue weighted by atomic mass is 35.5. The van der Waals surface area contributed by atoms with Gasteiger partial charge in [0.25, 0.3) is 0 Å². The van der Waals surface area contributed by atoms with Crippen LogP contribution in [-0.2, 0) is 6.42 Å². The zero-order valence-electron chi connectivity index (χ0n) is 8.69. The van der Waals surface area contributed by atoms with E-state index in [1.54, 1.807) is 7.11 Å². The van der Waals surface area contributed by atoms with Gasteiger partial charge in [-0.1, -0.05) is 12.1 Å². The highest BCUT2D eigenvalue weighted by Crippen LogP contribution is 2.14. The van der Waals surface area contributed by atoms with Crippen LogP contribution in [0.1, 0.15) is 18.9 Å². The van der Waals surface area contributed by atoms with Crippen molar-refractivity contribution in [3.8, 4) is 5.75 Å². The van der Waals surface area contributed by atoms with Gasteiger partial charge >= 0.3 is 0 Å². The molecule has 0 fully saturated rings. The molecule has 80 valence electrons. The topological polar surface area (TPSA) is 35.2 Å². The van der Waals surface area contributed by atoms with Gasteiger partial charge in [0.2, 0.25) is 0 Å². The van der Waals surface area contributed by atoms with Crippen molar-refractivity contribution in [2.45, 2.75) is 25.8 Å². The first-order chi connectivity index (χ1) is 6.22. The third kappa shape index (κ3) is 4.49. The van der Waals surface area contributed by atoms with E-state index in [-0.39, 0.29) is 18.4 Å². The Labute approximate surface area is 91.9 Å². The van der Waals surface area contributed by atoms with E-state index in [4.69, 9.17) is 10.5 Å². The zero-order chi connectivity index (χ0) is 9.68. The minimum absolute atomic E-state index is 0. The summed E-state index contributed by atoms with van der Waals surface area (Å²) in [4.78, 5) is 0. The van der Waals surface area contributed by atoms with Crippen molar-refractivity contribution in [1.29, 1.82) is 0 Å². The zero-order valence-corrected chi connectivity index (χ0v) is 9.51. The van der Waals surface area contributed by atoms with Gasteiger partial charge in [0, 0.05) is 6.04 Å². The fraction of sp³-hybridized carbons (Fsp3) is 0.455. The summed E-state index contributed by atoms with van der Waals surface area (Å²) in [5.74, 6) is 0.919. The maximum atomic E-state index is 5.68. The second-order valence-electron chi connectivity index (χ2n) is 3.37. The number of methoxy groups -OCH3 is 1. The lowest BCUT2D eigenvalue weighted by Gasteiger charge is -2.06. The standard InChI is InChI=1S/C11H17NO.ClH/c1-9(12)6-7-10-4-3-5-11(8-10)13-2;/h3-5,8-9H,6-7,12H2,1-2H3;1H. The molecular weight excluding hydrogens is 198 g/mol. The Balaban J connectivity index is 0.00000169. The van der Waals surface area contributed by atoms with E-state index in [1.807, 2.05) is 19.1 Å². The number of halogens is 1. The third-order valence-electron chi connectivity index (χ3n) is 2.02. The third-order valence-corrected chi connectivity index (χ3v) is 2.02. The Kier molecular flexibility index (Phi) is 6.34. The molecule has 0 spiro atoms. The smallest absolute Gasteiger partial charge is 0.119 e. The van der Waals surface area contributed by atoms with Crippen molar-refractivity contribution in [1.82, 2.24) is 0 Å². The van der Waals surface area contributed by atoms with Crippen LogP contribution in [0.2, 0.25) is 0 Å². The van der Waals surface area contributed by atoms with E-state index in [1.165, 1.54) is 5.56 Å². The van der Waals surface area contributed by atoms with Gasteiger partial charge < -0.3 is 10.5 Å². The molecule has 0 radical (unpaired) electrons. The lowest BCUT2D eigenvalue weighted by atomic mass is 10.1. The number of hydrogen-bond acceptors (Lipinski definition) is 2. The number of nitrogens with two attached hydrogens (primary N) is 1. The lowest BCUT2D eigenvalue weighted by Crippen LogP contribution is -2.15. The predicted molar refractivity (Wildman–Crippen MR) is 62.2 cm³/mol. The van der Waals surface area contributed by atoms with Crippen LogP contribution in [-0.4, -0.2) is 13.2 Å². The molecule has 1 rings (SSSR count). The fourth-order valence-electron chi connectivity index (χ4n) is 1.22. The summed E-state index contributed by atoms with van der Waals surface area (Å²) in [5.41, 5.74) is 6.97. The van der Waals surface area contributed by atoms with Gasteiger partial charge in [-0.15, -0.1) is 12.4 Å². The molecular formula is C11H18ClNO. The first kappa shape index (κ1) is 13.3. The molecule has 1 aromatic rings. The van der Waals surface area contributed by atoms with Crippen LogP contribution in [0.4, 0.5) is 0 Å². The van der Waals surface area contributed by atoms with Gasteiger partial charge in [0.1, 0.15) is 5.75 Å². The van der Waals surface area contributed by atoms with Crippen molar-refractivity contribution in [2.75, 3.05) is 7.11 Å². The van der Waals surface area contributed by atoms with Gasteiger partial charge in [0.05, 0.1) is 7.11 Å². The minimum atomic E-state index is 0. The van der Waals surface area contributed by atoms with Crippen molar-refractivity contribution in [3.63, 3.8) is 0 Å². The van der Waals surface area contributed by atoms with E-state index in [2.05, 4.69) is 12.1 Å². The van der Waals surface area contributed by atoms with E-state index in [9.17, 15) is 0 Å². The Bertz CT molecular complexity index is 263. The van der Waals surface area contributed by atoms with Gasteiger partial charge in [-0.05, 0) is 37.5 Å². The maximum Gasteiger partial charge on any atom is 0.119 e. The van der Waals surface area contributed by atoms with Crippen LogP contribution >= 0.6 is 12.4 Å². The van der Waals surface area contributed by atoms with Gasteiger partial charge in [-0.25, -0.2) is 0 Å². The van der Waals surface area contributed by atoms with Gasteiger partial charge in [-0.3, -0.25) is 0 Å². The number of hydrogen-bond donors (Lipinski definition) is 1. The van der Waals surface area contributed by atoms with E-state index in [0.717, 1.165) is 18.6 Å². The summed E-state index contributed by atoms with van der Waals surface area (Å²) in [5, 5.41) is 0. The van der Waals surface area contributed by atoms with Crippen LogP contribution in [0.25, 0.3) is 0 Å². The molecule has 0 saturated heterocycles. The highest BCUT2D eigenvalue weighted by Gasteiger charge is 1.98. The number of benzene rings is 1. The van der Waals surface area contributed by atoms with Crippen LogP contribution in [0.5, 0.6) is 5.75 Å². The molecule has 2 N–H and O–H groups in total. The van der Waals surface area contributed by atoms with E-state index >= 15 is 0 Å². The first-order valence-electron chi connectivity index (χ1n) is 4.61. The Hall–Kier alpha value is -0.730. The molecule has 0 aromatic heterocycles. The highest BCUT2D eigenvalue weighted by molar-refractivity contribution is 5.85. The van der Waals surface area contributed by atoms with Crippen molar-refractivity contribution < 1.29 is 4.74 Å². The van der Waals surface area contributed by atoms with Crippen molar-refractivity contribution in [2.24, 2.45) is 5.73 Å². The van der Waals surface area contributed by atoms with Crippen molar-refractivity contribution in [3.05, 3.63) is 29.8 Å². The summed E-state index contributed by atoms with van der Waals surface area (Å²) in [6.45, 7) is 2.03. The second kappa shape index (κ2) is 6.68. The molecule has 14 heavy (non-hydrogen) atoms. The van der Waals surface area contributed by atoms with Gasteiger partial charge in [0.15, 0.2) is 0 Å². The monoisotopic (exact) mass is 215 g/mol. The van der Waals surface area contributed by atoms with E-state index in [0.29, 0.717) is 0 Å². The minimum Gasteiger partial charge on any atom is -0.497 e. The summed E-state index contributed by atoms with van der Waals surface area (Å²) in [7, 11) is 1.69. The quantitative estimate of drug-likeness (QED) is 0.837. The Morgan fingerprint density at radius 3 is 2.71 bits per heavy atom. The number of ether oxygens (including phenoxy) is 1. The van der Waals surface area contributed by atoms with Gasteiger partial charge in [-0.2, -0.15) is 0 Å². The maximum absolute atomic E-state index is 5.68. The fourth-order valence-corrected chi connectivity index (χ4v) is 1.22. The number of aryl methyl sites for hydroxylation is 1. The Morgan fingerprint density at radius 2 is 2.14 bits per heavy atom. The number of rotatable bonds is 4. The summed E-state index contributed by atoms with van der Waals surface area (Å²) < 4.78 is 5.13. The average Bonchev–Trinajstić information content (AvgIpc) is 2.15. The van der Waals surface area contributed by atoms with E-state index < -0.39 is 0 Å². The van der Waals surface area contributed by atoms with Crippen LogP contribution < -0.4 is 10.5 Å². The first-order valence-corrected chi connectivity index (χ1v) is 4.61. The molecule has 0 saturated carbocycles. The molecule has 0 aliphatic heterocycles. The summed E-state index contributed by atoms with van der Waals surface area (Å²) in [6, 6.07) is 8.39. The van der Waals surface area contributed by atoms with Crippen molar-refractivity contribution >= 4 is 12.4 Å². The molecule has 2 nitrogen and oxygen atoms in total. The molecule has 1 unspecified atom stereocenters. The summed E-state index contributed by atoms with van der Waals surface area (Å²) >= 11 is 0. The molecule has 0 heterocycles. The molecule has 0 aliphatic rings. The molecule has 1 aromatic carbocycles. The summed E-state index contributed by atoms with van der Waals surface area (Å²) in [6.07, 6.45) is 2.04. The average molecular weight is 216 g/mol. The SMILES string of the molecule is COc1cccc(CCC(C)N)c1.Cl. The normalized spacial score (nSPS) is 11.6. The van der Waals surface area contributed by atoms with Crippen LogP contribution in [0.3, 0.4) is 0 Å². The largest absolute Gasteiger partial charge is 0.497 e. The molecule has 0 amide bonds. The molecule has 0 bridgehead atoms. The second-order valence-corrected chi connectivity index (χ2v) is 3.37. The Morgan fingerprint density at radius 1 is 1.43 bits per heavy atom. The predicted octanol–water partition coefficient (Wildman–Crippen LogP) is 2.40. The lowest BCUT2D eigenvalue weighted by molar-refractivity contribution is 0.414. The van der Waals surface area contributed by atoms with Crippen LogP contribution in [0, 0.1) is 0 Å². The molecule has 1 atom stereocenters. The van der Waals surface area contributed by atoms with Crippen LogP contribution in [0.15, 0.2) is 24.3 Å². The molecule has 0 aliphatic carbocycles.